The van der Waals surface area contributed by atoms with Gasteiger partial charge in [-0.3, -0.25) is 9.79 Å². The molecule has 0 fully saturated rings. The Morgan fingerprint density at radius 1 is 1.40 bits per heavy atom. The normalized spacial score (nSPS) is 21.9. The summed E-state index contributed by atoms with van der Waals surface area (Å²) >= 11 is 0. The van der Waals surface area contributed by atoms with Crippen molar-refractivity contribution >= 4 is 17.7 Å². The maximum Gasteiger partial charge on any atom is 0.253 e. The highest BCUT2D eigenvalue weighted by Gasteiger charge is 2.42. The second-order valence-corrected chi connectivity index (χ2v) is 5.50. The number of hydrogen-bond acceptors (Lipinski definition) is 4. The van der Waals surface area contributed by atoms with Gasteiger partial charge in [0.15, 0.2) is 0 Å². The molecule has 2 rings (SSSR count). The molecule has 1 heterocycles. The monoisotopic (exact) mass is 273 g/mol. The van der Waals surface area contributed by atoms with Crippen molar-refractivity contribution in [2.24, 2.45) is 10.9 Å². The third kappa shape index (κ3) is 2.09. The van der Waals surface area contributed by atoms with Gasteiger partial charge >= 0.3 is 0 Å². The van der Waals surface area contributed by atoms with Crippen LogP contribution in [0.3, 0.4) is 0 Å². The van der Waals surface area contributed by atoms with E-state index in [-0.39, 0.29) is 17.4 Å². The van der Waals surface area contributed by atoms with Gasteiger partial charge < -0.3 is 15.2 Å². The number of aliphatic imine (C=N–C) groups is 1. The second kappa shape index (κ2) is 4.74. The van der Waals surface area contributed by atoms with Crippen molar-refractivity contribution in [3.05, 3.63) is 34.9 Å². The van der Waals surface area contributed by atoms with E-state index in [2.05, 4.69) is 10.3 Å². The van der Waals surface area contributed by atoms with Crippen LogP contribution >= 0.6 is 0 Å². The number of aryl methyl sites for hydroxylation is 1. The van der Waals surface area contributed by atoms with Crippen molar-refractivity contribution in [2.45, 2.75) is 33.2 Å². The van der Waals surface area contributed by atoms with Crippen molar-refractivity contribution < 1.29 is 14.7 Å². The number of carboxylic acids is 1. The van der Waals surface area contributed by atoms with Gasteiger partial charge in [0.1, 0.15) is 11.4 Å². The van der Waals surface area contributed by atoms with Gasteiger partial charge in [-0.2, -0.15) is 0 Å². The van der Waals surface area contributed by atoms with Crippen LogP contribution < -0.4 is 10.4 Å². The lowest BCUT2D eigenvalue weighted by Crippen LogP contribution is -2.41. The number of aromatic carboxylic acids is 1. The Hall–Kier alpha value is -2.17. The molecule has 1 N–H and O–H groups in total. The molecular weight excluding hydrogens is 256 g/mol. The van der Waals surface area contributed by atoms with E-state index in [1.807, 2.05) is 13.8 Å². The Morgan fingerprint density at radius 3 is 2.55 bits per heavy atom. The smallest absolute Gasteiger partial charge is 0.253 e. The quantitative estimate of drug-likeness (QED) is 0.877. The van der Waals surface area contributed by atoms with E-state index < -0.39 is 11.5 Å². The van der Waals surface area contributed by atoms with Gasteiger partial charge in [0, 0.05) is 11.1 Å². The minimum atomic E-state index is -1.28. The number of amidine groups is 1. The molecule has 5 heteroatoms. The van der Waals surface area contributed by atoms with Gasteiger partial charge in [-0.05, 0) is 25.3 Å². The van der Waals surface area contributed by atoms with Gasteiger partial charge in [-0.25, -0.2) is 0 Å². The highest BCUT2D eigenvalue weighted by molar-refractivity contribution is 6.18. The van der Waals surface area contributed by atoms with Crippen molar-refractivity contribution in [3.63, 3.8) is 0 Å². The van der Waals surface area contributed by atoms with E-state index in [0.29, 0.717) is 11.4 Å². The molecule has 1 aromatic carbocycles. The molecule has 0 saturated carbocycles. The Balaban J connectivity index is 2.60. The van der Waals surface area contributed by atoms with E-state index in [4.69, 9.17) is 0 Å². The topological polar surface area (TPSA) is 81.6 Å². The molecule has 106 valence electrons. The summed E-state index contributed by atoms with van der Waals surface area (Å²) in [5, 5.41) is 13.9. The van der Waals surface area contributed by atoms with Crippen molar-refractivity contribution in [1.29, 1.82) is 0 Å². The third-order valence-corrected chi connectivity index (χ3v) is 3.89. The Morgan fingerprint density at radius 2 is 2.05 bits per heavy atom. The van der Waals surface area contributed by atoms with Crippen LogP contribution in [0.25, 0.3) is 0 Å². The van der Waals surface area contributed by atoms with Gasteiger partial charge in [0.05, 0.1) is 5.97 Å². The van der Waals surface area contributed by atoms with Gasteiger partial charge in [0.2, 0.25) is 0 Å². The standard InChI is InChI=1S/C15H18N2O3/c1-8(2)15(4)14(20)16-12(17-15)11-9(3)6-5-7-10(11)13(18)19/h5-8H,1-4H3,(H,18,19)(H,16,17,20)/p-1. The molecule has 20 heavy (non-hydrogen) atoms. The van der Waals surface area contributed by atoms with E-state index in [1.54, 1.807) is 26.0 Å². The summed E-state index contributed by atoms with van der Waals surface area (Å²) in [6.07, 6.45) is 0. The molecule has 1 atom stereocenters. The summed E-state index contributed by atoms with van der Waals surface area (Å²) in [6, 6.07) is 4.88. The number of amides is 1. The number of carbonyl (C=O) groups is 2. The summed E-state index contributed by atoms with van der Waals surface area (Å²) in [7, 11) is 0. The Kier molecular flexibility index (Phi) is 3.38. The lowest BCUT2D eigenvalue weighted by atomic mass is 9.89. The van der Waals surface area contributed by atoms with Gasteiger partial charge in [-0.1, -0.05) is 32.0 Å². The van der Waals surface area contributed by atoms with Gasteiger partial charge in [-0.15, -0.1) is 0 Å². The summed E-state index contributed by atoms with van der Waals surface area (Å²) in [4.78, 5) is 27.8. The molecule has 0 aliphatic carbocycles. The fourth-order valence-electron chi connectivity index (χ4n) is 2.21. The minimum absolute atomic E-state index is 0.00965. The van der Waals surface area contributed by atoms with Crippen LogP contribution in [0.1, 0.15) is 42.3 Å². The highest BCUT2D eigenvalue weighted by atomic mass is 16.4. The van der Waals surface area contributed by atoms with Crippen molar-refractivity contribution in [2.75, 3.05) is 0 Å². The lowest BCUT2D eigenvalue weighted by molar-refractivity contribution is -0.255. The number of hydrogen-bond donors (Lipinski definition) is 1. The summed E-state index contributed by atoms with van der Waals surface area (Å²) in [6.45, 7) is 7.34. The fourth-order valence-corrected chi connectivity index (χ4v) is 2.21. The van der Waals surface area contributed by atoms with Crippen LogP contribution in [-0.4, -0.2) is 23.3 Å². The molecule has 0 aromatic heterocycles. The van der Waals surface area contributed by atoms with Crippen molar-refractivity contribution in [1.82, 2.24) is 5.32 Å². The molecular formula is C15H17N2O3-. The zero-order valence-electron chi connectivity index (χ0n) is 12.0. The number of nitrogens with zero attached hydrogens (tertiary/aromatic N) is 1. The SMILES string of the molecule is Cc1cccc(C(=O)[O-])c1C1=NC(C)(C(C)C)C(=O)N1. The first-order chi connectivity index (χ1) is 9.27. The molecule has 5 nitrogen and oxygen atoms in total. The first kappa shape index (κ1) is 14.2. The average molecular weight is 273 g/mol. The van der Waals surface area contributed by atoms with Crippen LogP contribution in [-0.2, 0) is 4.79 Å². The summed E-state index contributed by atoms with van der Waals surface area (Å²) < 4.78 is 0. The predicted molar refractivity (Wildman–Crippen MR) is 73.4 cm³/mol. The van der Waals surface area contributed by atoms with Crippen LogP contribution in [0.15, 0.2) is 23.2 Å². The Labute approximate surface area is 117 Å². The number of benzene rings is 1. The third-order valence-electron chi connectivity index (χ3n) is 3.89. The van der Waals surface area contributed by atoms with E-state index in [1.165, 1.54) is 6.07 Å². The zero-order chi connectivity index (χ0) is 15.1. The predicted octanol–water partition coefficient (Wildman–Crippen LogP) is 0.650. The lowest BCUT2D eigenvalue weighted by Gasteiger charge is -2.21. The molecule has 0 bridgehead atoms. The molecule has 0 radical (unpaired) electrons. The summed E-state index contributed by atoms with van der Waals surface area (Å²) in [5.74, 6) is -1.17. The molecule has 0 saturated heterocycles. The van der Waals surface area contributed by atoms with Crippen LogP contribution in [0, 0.1) is 12.8 Å². The van der Waals surface area contributed by atoms with Crippen LogP contribution in [0.5, 0.6) is 0 Å². The number of nitrogens with one attached hydrogen (secondary N) is 1. The highest BCUT2D eigenvalue weighted by Crippen LogP contribution is 2.28. The van der Waals surface area contributed by atoms with Crippen molar-refractivity contribution in [3.8, 4) is 0 Å². The van der Waals surface area contributed by atoms with Gasteiger partial charge in [0.25, 0.3) is 5.91 Å². The number of carbonyl (C=O) groups excluding carboxylic acids is 2. The summed E-state index contributed by atoms with van der Waals surface area (Å²) in [5.41, 5.74) is 0.321. The number of carboxylic acid groups (broad SMARTS) is 1. The molecule has 1 aliphatic heterocycles. The first-order valence-corrected chi connectivity index (χ1v) is 6.50. The number of rotatable bonds is 3. The maximum absolute atomic E-state index is 12.1. The second-order valence-electron chi connectivity index (χ2n) is 5.50. The largest absolute Gasteiger partial charge is 0.545 e. The van der Waals surface area contributed by atoms with E-state index >= 15 is 0 Å². The Bertz CT molecular complexity index is 620. The zero-order valence-corrected chi connectivity index (χ0v) is 12.0. The van der Waals surface area contributed by atoms with E-state index in [9.17, 15) is 14.7 Å². The van der Waals surface area contributed by atoms with Crippen LogP contribution in [0.2, 0.25) is 0 Å². The first-order valence-electron chi connectivity index (χ1n) is 6.50. The molecule has 1 aromatic rings. The fraction of sp³-hybridized carbons (Fsp3) is 0.400. The maximum atomic E-state index is 12.1. The van der Waals surface area contributed by atoms with Crippen LogP contribution in [0.4, 0.5) is 0 Å². The molecule has 1 unspecified atom stereocenters. The minimum Gasteiger partial charge on any atom is -0.545 e. The van der Waals surface area contributed by atoms with E-state index in [0.717, 1.165) is 5.56 Å². The molecule has 1 aliphatic rings. The molecule has 1 amide bonds. The molecule has 0 spiro atoms. The average Bonchev–Trinajstić information content (AvgIpc) is 2.66.